The number of carbonyl (C=O) groups excluding carboxylic acids is 1. The molecule has 0 fully saturated rings. The van der Waals surface area contributed by atoms with E-state index in [9.17, 15) is 26.4 Å². The predicted octanol–water partition coefficient (Wildman–Crippen LogP) is 3.79. The first kappa shape index (κ1) is 26.4. The largest absolute Gasteiger partial charge is 0.518 e. The first-order valence-corrected chi connectivity index (χ1v) is 11.5. The predicted molar refractivity (Wildman–Crippen MR) is 120 cm³/mol. The van der Waals surface area contributed by atoms with E-state index in [-0.39, 0.29) is 24.7 Å². The highest BCUT2D eigenvalue weighted by atomic mass is 35.5. The number of pyridine rings is 1. The highest BCUT2D eigenvalue weighted by molar-refractivity contribution is 7.91. The summed E-state index contributed by atoms with van der Waals surface area (Å²) >= 11 is 5.80. The van der Waals surface area contributed by atoms with Crippen molar-refractivity contribution in [2.75, 3.05) is 18.4 Å². The summed E-state index contributed by atoms with van der Waals surface area (Å²) in [4.78, 5) is 16.0. The van der Waals surface area contributed by atoms with Crippen LogP contribution in [0.15, 0.2) is 53.2 Å². The van der Waals surface area contributed by atoms with Gasteiger partial charge in [-0.05, 0) is 48.2 Å². The molecule has 13 heteroatoms. The van der Waals surface area contributed by atoms with Crippen molar-refractivity contribution in [3.63, 3.8) is 0 Å². The van der Waals surface area contributed by atoms with E-state index < -0.39 is 26.9 Å². The molecule has 2 aromatic rings. The Bertz CT molecular complexity index is 1080. The molecule has 0 bridgehead atoms. The van der Waals surface area contributed by atoms with E-state index in [0.29, 0.717) is 17.0 Å². The van der Waals surface area contributed by atoms with Crippen LogP contribution in [-0.2, 0) is 10.0 Å². The second-order valence-corrected chi connectivity index (χ2v) is 9.79. The SMILES string of the molecule is CC(C)(CCNC(=O)c1ccc(Cl)cc1)CNC(=NS(=O)(=O)C(F)(F)F)Nc1cccnc1. The minimum Gasteiger partial charge on any atom is -0.355 e. The summed E-state index contributed by atoms with van der Waals surface area (Å²) in [6.07, 6.45) is 3.18. The number of carbonyl (C=O) groups is 1. The van der Waals surface area contributed by atoms with Crippen LogP contribution in [0.3, 0.4) is 0 Å². The molecule has 180 valence electrons. The van der Waals surface area contributed by atoms with Gasteiger partial charge in [0, 0.05) is 29.9 Å². The van der Waals surface area contributed by atoms with Gasteiger partial charge < -0.3 is 16.0 Å². The standard InChI is InChI=1S/C20H23ClF3N5O3S/c1-19(2,9-11-26-17(30)14-5-7-15(21)8-6-14)13-27-18(28-16-4-3-10-25-12-16)29-33(31,32)20(22,23)24/h3-8,10,12H,9,11,13H2,1-2H3,(H,26,30)(H2,27,28,29). The monoisotopic (exact) mass is 505 g/mol. The lowest BCUT2D eigenvalue weighted by Gasteiger charge is -2.26. The number of aromatic nitrogens is 1. The Hall–Kier alpha value is -2.86. The number of hydrogen-bond donors (Lipinski definition) is 3. The lowest BCUT2D eigenvalue weighted by Crippen LogP contribution is -2.40. The smallest absolute Gasteiger partial charge is 0.355 e. The Balaban J connectivity index is 2.02. The molecule has 0 saturated heterocycles. The van der Waals surface area contributed by atoms with Crippen LogP contribution >= 0.6 is 11.6 Å². The average molecular weight is 506 g/mol. The number of alkyl halides is 3. The quantitative estimate of drug-likeness (QED) is 0.372. The number of anilines is 1. The van der Waals surface area contributed by atoms with Gasteiger partial charge >= 0.3 is 15.5 Å². The number of nitrogens with zero attached hydrogens (tertiary/aromatic N) is 2. The average Bonchev–Trinajstić information content (AvgIpc) is 2.72. The second-order valence-electron chi connectivity index (χ2n) is 7.76. The number of sulfonamides is 1. The fraction of sp³-hybridized carbons (Fsp3) is 0.350. The fourth-order valence-electron chi connectivity index (χ4n) is 2.47. The molecule has 0 radical (unpaired) electrons. The molecule has 0 unspecified atom stereocenters. The lowest BCUT2D eigenvalue weighted by atomic mass is 9.89. The highest BCUT2D eigenvalue weighted by Crippen LogP contribution is 2.25. The number of amides is 1. The number of benzene rings is 1. The van der Waals surface area contributed by atoms with E-state index >= 15 is 0 Å². The van der Waals surface area contributed by atoms with Gasteiger partial charge in [-0.2, -0.15) is 21.6 Å². The molecule has 2 rings (SSSR count). The van der Waals surface area contributed by atoms with Crippen molar-refractivity contribution >= 4 is 39.2 Å². The molecule has 1 amide bonds. The number of halogens is 4. The Kier molecular flexibility index (Phi) is 8.67. The van der Waals surface area contributed by atoms with Gasteiger partial charge in [-0.15, -0.1) is 4.40 Å². The Labute approximate surface area is 194 Å². The van der Waals surface area contributed by atoms with Crippen LogP contribution in [0.5, 0.6) is 0 Å². The minimum atomic E-state index is -5.77. The Morgan fingerprint density at radius 3 is 2.36 bits per heavy atom. The van der Waals surface area contributed by atoms with E-state index in [4.69, 9.17) is 11.6 Å². The molecule has 0 aliphatic rings. The van der Waals surface area contributed by atoms with E-state index in [1.54, 1.807) is 38.1 Å². The molecule has 0 aliphatic carbocycles. The van der Waals surface area contributed by atoms with Gasteiger partial charge in [0.05, 0.1) is 11.9 Å². The second kappa shape index (κ2) is 10.8. The first-order valence-electron chi connectivity index (χ1n) is 9.65. The molecule has 3 N–H and O–H groups in total. The van der Waals surface area contributed by atoms with Gasteiger partial charge in [-0.1, -0.05) is 25.4 Å². The maximum atomic E-state index is 12.8. The molecule has 33 heavy (non-hydrogen) atoms. The van der Waals surface area contributed by atoms with Gasteiger partial charge in [0.1, 0.15) is 0 Å². The van der Waals surface area contributed by atoms with Crippen molar-refractivity contribution in [3.05, 3.63) is 59.4 Å². The molecule has 8 nitrogen and oxygen atoms in total. The zero-order valence-electron chi connectivity index (χ0n) is 17.8. The topological polar surface area (TPSA) is 113 Å². The fourth-order valence-corrected chi connectivity index (χ4v) is 3.05. The summed E-state index contributed by atoms with van der Waals surface area (Å²) in [6, 6.07) is 9.36. The third-order valence-corrected chi connectivity index (χ3v) is 5.62. The number of hydrogen-bond acceptors (Lipinski definition) is 4. The lowest BCUT2D eigenvalue weighted by molar-refractivity contribution is -0.0435. The summed E-state index contributed by atoms with van der Waals surface area (Å²) in [6.45, 7) is 3.94. The zero-order valence-corrected chi connectivity index (χ0v) is 19.4. The number of rotatable bonds is 8. The van der Waals surface area contributed by atoms with Crippen LogP contribution in [0.4, 0.5) is 18.9 Å². The maximum absolute atomic E-state index is 12.8. The summed E-state index contributed by atoms with van der Waals surface area (Å²) in [5.74, 6) is -0.897. The van der Waals surface area contributed by atoms with E-state index in [0.717, 1.165) is 0 Å². The molecule has 1 aromatic carbocycles. The van der Waals surface area contributed by atoms with Crippen LogP contribution in [0, 0.1) is 5.41 Å². The molecule has 1 heterocycles. The summed E-state index contributed by atoms with van der Waals surface area (Å²) < 4.78 is 64.3. The molecule has 0 saturated carbocycles. The highest BCUT2D eigenvalue weighted by Gasteiger charge is 2.46. The number of nitrogens with one attached hydrogen (secondary N) is 3. The third-order valence-electron chi connectivity index (χ3n) is 4.36. The normalized spacial score (nSPS) is 12.8. The van der Waals surface area contributed by atoms with Crippen molar-refractivity contribution in [2.45, 2.75) is 25.8 Å². The zero-order chi connectivity index (χ0) is 24.7. The van der Waals surface area contributed by atoms with E-state index in [2.05, 4.69) is 25.3 Å². The Morgan fingerprint density at radius 2 is 1.79 bits per heavy atom. The van der Waals surface area contributed by atoms with Gasteiger partial charge in [0.25, 0.3) is 5.91 Å². The molecular formula is C20H23ClF3N5O3S. The maximum Gasteiger partial charge on any atom is 0.518 e. The van der Waals surface area contributed by atoms with Crippen molar-refractivity contribution < 1.29 is 26.4 Å². The molecule has 0 atom stereocenters. The number of guanidine groups is 1. The van der Waals surface area contributed by atoms with Gasteiger partial charge in [0.15, 0.2) is 0 Å². The Morgan fingerprint density at radius 1 is 1.12 bits per heavy atom. The minimum absolute atomic E-state index is 0.0588. The van der Waals surface area contributed by atoms with Crippen LogP contribution in [0.2, 0.25) is 5.02 Å². The van der Waals surface area contributed by atoms with E-state index in [1.165, 1.54) is 24.5 Å². The molecular weight excluding hydrogens is 483 g/mol. The van der Waals surface area contributed by atoms with Gasteiger partial charge in [-0.25, -0.2) is 0 Å². The third kappa shape index (κ3) is 8.54. The molecule has 1 aromatic heterocycles. The van der Waals surface area contributed by atoms with Crippen molar-refractivity contribution in [1.29, 1.82) is 0 Å². The summed E-state index contributed by atoms with van der Waals surface area (Å²) in [5.41, 5.74) is -5.41. The van der Waals surface area contributed by atoms with Crippen LogP contribution in [0.25, 0.3) is 0 Å². The summed E-state index contributed by atoms with van der Waals surface area (Å²) in [5, 5.41) is 8.37. The first-order chi connectivity index (χ1) is 15.3. The molecule has 0 spiro atoms. The van der Waals surface area contributed by atoms with E-state index in [1.807, 2.05) is 0 Å². The molecule has 0 aliphatic heterocycles. The van der Waals surface area contributed by atoms with Crippen LogP contribution < -0.4 is 16.0 Å². The van der Waals surface area contributed by atoms with Gasteiger partial charge in [-0.3, -0.25) is 9.78 Å². The van der Waals surface area contributed by atoms with Gasteiger partial charge in [0.2, 0.25) is 5.96 Å². The van der Waals surface area contributed by atoms with Crippen LogP contribution in [0.1, 0.15) is 30.6 Å². The van der Waals surface area contributed by atoms with Crippen molar-refractivity contribution in [3.8, 4) is 0 Å². The summed E-state index contributed by atoms with van der Waals surface area (Å²) in [7, 11) is -5.77. The van der Waals surface area contributed by atoms with Crippen LogP contribution in [-0.4, -0.2) is 43.9 Å². The van der Waals surface area contributed by atoms with Crippen molar-refractivity contribution in [1.82, 2.24) is 15.6 Å². The van der Waals surface area contributed by atoms with Crippen molar-refractivity contribution in [2.24, 2.45) is 9.81 Å².